The SMILES string of the molecule is CCCN(CCC)C1CCc2cccc(O)c2C1.c1ccc2c(c1)OCC(C1=NCCN1)O2. The van der Waals surface area contributed by atoms with Crippen LogP contribution in [0.15, 0.2) is 47.5 Å². The van der Waals surface area contributed by atoms with Crippen molar-refractivity contribution in [1.82, 2.24) is 10.2 Å². The van der Waals surface area contributed by atoms with Crippen LogP contribution >= 0.6 is 0 Å². The van der Waals surface area contributed by atoms with Crippen molar-refractivity contribution in [2.45, 2.75) is 58.1 Å². The number of phenolic OH excluding ortho intramolecular Hbond substituents is 1. The molecule has 0 fully saturated rings. The lowest BCUT2D eigenvalue weighted by molar-refractivity contribution is 0.133. The number of aliphatic imine (C=N–C) groups is 1. The molecule has 0 aromatic heterocycles. The van der Waals surface area contributed by atoms with Gasteiger partial charge in [-0.05, 0) is 74.5 Å². The number of benzene rings is 2. The van der Waals surface area contributed by atoms with E-state index in [0.29, 0.717) is 18.4 Å². The van der Waals surface area contributed by atoms with Crippen molar-refractivity contribution < 1.29 is 14.6 Å². The summed E-state index contributed by atoms with van der Waals surface area (Å²) in [6.45, 7) is 9.12. The lowest BCUT2D eigenvalue weighted by Gasteiger charge is -2.35. The Morgan fingerprint density at radius 2 is 1.85 bits per heavy atom. The third-order valence-corrected chi connectivity index (χ3v) is 6.49. The Morgan fingerprint density at radius 1 is 1.06 bits per heavy atom. The van der Waals surface area contributed by atoms with Gasteiger partial charge >= 0.3 is 0 Å². The van der Waals surface area contributed by atoms with Gasteiger partial charge in [0.25, 0.3) is 0 Å². The number of ether oxygens (including phenoxy) is 2. The minimum atomic E-state index is -0.0811. The van der Waals surface area contributed by atoms with E-state index in [1.54, 1.807) is 0 Å². The second kappa shape index (κ2) is 11.4. The Labute approximate surface area is 197 Å². The van der Waals surface area contributed by atoms with E-state index >= 15 is 0 Å². The molecule has 6 heteroatoms. The predicted octanol–water partition coefficient (Wildman–Crippen LogP) is 4.20. The Hall–Kier alpha value is -2.73. The zero-order valence-corrected chi connectivity index (χ0v) is 19.9. The topological polar surface area (TPSA) is 66.3 Å². The summed E-state index contributed by atoms with van der Waals surface area (Å²) in [5.41, 5.74) is 2.53. The minimum absolute atomic E-state index is 0.0811. The summed E-state index contributed by atoms with van der Waals surface area (Å²) in [6.07, 6.45) is 5.70. The summed E-state index contributed by atoms with van der Waals surface area (Å²) in [7, 11) is 0. The normalized spacial score (nSPS) is 20.9. The number of hydrogen-bond acceptors (Lipinski definition) is 6. The number of para-hydroxylation sites is 2. The van der Waals surface area contributed by atoms with Crippen molar-refractivity contribution in [2.24, 2.45) is 4.99 Å². The molecule has 2 heterocycles. The quantitative estimate of drug-likeness (QED) is 0.689. The first-order valence-electron chi connectivity index (χ1n) is 12.4. The average Bonchev–Trinajstić information content (AvgIpc) is 3.39. The maximum Gasteiger partial charge on any atom is 0.189 e. The number of hydrogen-bond donors (Lipinski definition) is 2. The first kappa shape index (κ1) is 23.4. The molecule has 0 saturated heterocycles. The molecule has 0 amide bonds. The summed E-state index contributed by atoms with van der Waals surface area (Å²) < 4.78 is 11.4. The lowest BCUT2D eigenvalue weighted by Crippen LogP contribution is -2.42. The number of phenols is 1. The summed E-state index contributed by atoms with van der Waals surface area (Å²) >= 11 is 0. The zero-order valence-electron chi connectivity index (χ0n) is 19.9. The van der Waals surface area contributed by atoms with Gasteiger partial charge in [-0.2, -0.15) is 0 Å². The number of fused-ring (bicyclic) bond motifs is 2. The van der Waals surface area contributed by atoms with Gasteiger partial charge in [0.15, 0.2) is 17.6 Å². The molecule has 0 saturated carbocycles. The molecule has 3 aliphatic rings. The zero-order chi connectivity index (χ0) is 23.0. The number of aryl methyl sites for hydroxylation is 1. The second-order valence-electron chi connectivity index (χ2n) is 8.91. The van der Waals surface area contributed by atoms with Crippen molar-refractivity contribution in [3.05, 3.63) is 53.6 Å². The highest BCUT2D eigenvalue weighted by Crippen LogP contribution is 2.32. The Kier molecular flexibility index (Phi) is 8.10. The van der Waals surface area contributed by atoms with Crippen LogP contribution in [0.5, 0.6) is 17.2 Å². The number of rotatable bonds is 6. The molecule has 0 bridgehead atoms. The van der Waals surface area contributed by atoms with Gasteiger partial charge in [0.05, 0.1) is 6.54 Å². The van der Waals surface area contributed by atoms with E-state index in [1.807, 2.05) is 36.4 Å². The van der Waals surface area contributed by atoms with Gasteiger partial charge in [0.1, 0.15) is 18.2 Å². The molecule has 0 spiro atoms. The highest BCUT2D eigenvalue weighted by molar-refractivity contribution is 5.88. The minimum Gasteiger partial charge on any atom is -0.508 e. The maximum absolute atomic E-state index is 10.00. The largest absolute Gasteiger partial charge is 0.508 e. The third kappa shape index (κ3) is 5.80. The fraction of sp³-hybridized carbons (Fsp3) is 0.519. The van der Waals surface area contributed by atoms with Gasteiger partial charge < -0.3 is 24.8 Å². The van der Waals surface area contributed by atoms with Gasteiger partial charge in [-0.1, -0.05) is 38.1 Å². The van der Waals surface area contributed by atoms with E-state index in [-0.39, 0.29) is 6.10 Å². The first-order valence-corrected chi connectivity index (χ1v) is 12.4. The molecule has 2 aliphatic heterocycles. The first-order chi connectivity index (χ1) is 16.2. The molecule has 0 radical (unpaired) electrons. The van der Waals surface area contributed by atoms with Crippen LogP contribution in [0.3, 0.4) is 0 Å². The van der Waals surface area contributed by atoms with Crippen LogP contribution in [0.1, 0.15) is 44.2 Å². The second-order valence-corrected chi connectivity index (χ2v) is 8.91. The molecule has 2 atom stereocenters. The van der Waals surface area contributed by atoms with Gasteiger partial charge in [-0.3, -0.25) is 4.99 Å². The molecule has 178 valence electrons. The number of nitrogens with one attached hydrogen (secondary N) is 1. The van der Waals surface area contributed by atoms with Crippen molar-refractivity contribution in [3.8, 4) is 17.2 Å². The third-order valence-electron chi connectivity index (χ3n) is 6.49. The molecule has 2 N–H and O–H groups in total. The molecule has 6 nitrogen and oxygen atoms in total. The van der Waals surface area contributed by atoms with Crippen LogP contribution in [-0.4, -0.2) is 60.8 Å². The monoisotopic (exact) mass is 451 g/mol. The molecule has 33 heavy (non-hydrogen) atoms. The lowest BCUT2D eigenvalue weighted by atomic mass is 9.86. The number of nitrogens with zero attached hydrogens (tertiary/aromatic N) is 2. The summed E-state index contributed by atoms with van der Waals surface area (Å²) in [5.74, 6) is 3.01. The standard InChI is InChI=1S/C16H25NO.C11H12N2O2/c1-3-10-17(11-4-2)14-9-8-13-6-5-7-16(18)15(13)12-14;1-2-4-9-8(3-1)14-7-10(15-9)11-12-5-6-13-11/h5-7,14,18H,3-4,8-12H2,1-2H3;1-4,10H,5-7H2,(H,12,13). The van der Waals surface area contributed by atoms with Crippen LogP contribution < -0.4 is 14.8 Å². The predicted molar refractivity (Wildman–Crippen MR) is 133 cm³/mol. The summed E-state index contributed by atoms with van der Waals surface area (Å²) in [5, 5.41) is 13.2. The van der Waals surface area contributed by atoms with Crippen LogP contribution in [-0.2, 0) is 12.8 Å². The number of amidine groups is 1. The highest BCUT2D eigenvalue weighted by atomic mass is 16.6. The molecule has 1 aliphatic carbocycles. The van der Waals surface area contributed by atoms with Crippen molar-refractivity contribution >= 4 is 5.84 Å². The van der Waals surface area contributed by atoms with E-state index in [1.165, 1.54) is 43.5 Å². The highest BCUT2D eigenvalue weighted by Gasteiger charge is 2.27. The smallest absolute Gasteiger partial charge is 0.189 e. The molecule has 2 aromatic rings. The molecule has 2 unspecified atom stereocenters. The molecular formula is C27H37N3O3. The maximum atomic E-state index is 10.00. The van der Waals surface area contributed by atoms with Crippen LogP contribution in [0.2, 0.25) is 0 Å². The summed E-state index contributed by atoms with van der Waals surface area (Å²) in [4.78, 5) is 6.94. The van der Waals surface area contributed by atoms with Crippen molar-refractivity contribution in [2.75, 3.05) is 32.8 Å². The van der Waals surface area contributed by atoms with Crippen molar-refractivity contribution in [3.63, 3.8) is 0 Å². The molecule has 5 rings (SSSR count). The van der Waals surface area contributed by atoms with E-state index in [9.17, 15) is 5.11 Å². The average molecular weight is 452 g/mol. The Bertz CT molecular complexity index is 940. The van der Waals surface area contributed by atoms with E-state index < -0.39 is 0 Å². The molecule has 2 aromatic carbocycles. The fourth-order valence-electron chi connectivity index (χ4n) is 4.90. The van der Waals surface area contributed by atoms with Crippen molar-refractivity contribution in [1.29, 1.82) is 0 Å². The van der Waals surface area contributed by atoms with Gasteiger partial charge in [0, 0.05) is 12.6 Å². The van der Waals surface area contributed by atoms with Crippen LogP contribution in [0, 0.1) is 0 Å². The number of aromatic hydroxyl groups is 1. The van der Waals surface area contributed by atoms with Crippen LogP contribution in [0.25, 0.3) is 0 Å². The summed E-state index contributed by atoms with van der Waals surface area (Å²) in [6, 6.07) is 14.3. The fourth-order valence-corrected chi connectivity index (χ4v) is 4.90. The molecular weight excluding hydrogens is 414 g/mol. The Balaban J connectivity index is 0.000000159. The van der Waals surface area contributed by atoms with E-state index in [2.05, 4.69) is 35.1 Å². The van der Waals surface area contributed by atoms with E-state index in [4.69, 9.17) is 9.47 Å². The van der Waals surface area contributed by atoms with E-state index in [0.717, 1.165) is 43.3 Å². The van der Waals surface area contributed by atoms with Gasteiger partial charge in [-0.25, -0.2) is 0 Å². The van der Waals surface area contributed by atoms with Crippen LogP contribution in [0.4, 0.5) is 0 Å². The Morgan fingerprint density at radius 3 is 2.58 bits per heavy atom. The van der Waals surface area contributed by atoms with Gasteiger partial charge in [-0.15, -0.1) is 0 Å². The van der Waals surface area contributed by atoms with Gasteiger partial charge in [0.2, 0.25) is 0 Å².